The molecule has 3 aromatic rings. The molecule has 0 aliphatic rings. The lowest BCUT2D eigenvalue weighted by Crippen LogP contribution is -2.14. The number of nitrogens with zero attached hydrogens (tertiary/aromatic N) is 2. The number of carbonyl (C=O) groups excluding carboxylic acids is 1. The Hall–Kier alpha value is -2.93. The summed E-state index contributed by atoms with van der Waals surface area (Å²) in [6.45, 7) is 0. The van der Waals surface area contributed by atoms with Gasteiger partial charge in [0.1, 0.15) is 11.5 Å². The van der Waals surface area contributed by atoms with Gasteiger partial charge in [-0.3, -0.25) is 4.79 Å². The summed E-state index contributed by atoms with van der Waals surface area (Å²) in [4.78, 5) is 16.5. The van der Waals surface area contributed by atoms with Crippen molar-refractivity contribution in [3.63, 3.8) is 0 Å². The van der Waals surface area contributed by atoms with E-state index in [-0.39, 0.29) is 12.3 Å². The highest BCUT2D eigenvalue weighted by Gasteiger charge is 2.10. The zero-order valence-electron chi connectivity index (χ0n) is 13.9. The third-order valence-electron chi connectivity index (χ3n) is 3.54. The summed E-state index contributed by atoms with van der Waals surface area (Å²) in [6.07, 6.45) is 0.265. The summed E-state index contributed by atoms with van der Waals surface area (Å²) in [5.41, 5.74) is 1.77. The Kier molecular flexibility index (Phi) is 5.25. The van der Waals surface area contributed by atoms with E-state index < -0.39 is 0 Å². The van der Waals surface area contributed by atoms with Crippen LogP contribution in [0.15, 0.2) is 48.5 Å². The molecular formula is C18H17N3O3S. The van der Waals surface area contributed by atoms with E-state index in [0.29, 0.717) is 11.0 Å². The second-order valence-corrected chi connectivity index (χ2v) is 5.98. The Bertz CT molecular complexity index is 845. The zero-order chi connectivity index (χ0) is 17.6. The molecule has 0 atom stereocenters. The number of nitrogens with one attached hydrogen (secondary N) is 1. The SMILES string of the molecule is COc1ccc(CC(=O)Nc2nc(-c3ccc(OC)cc3)ns2)cc1. The van der Waals surface area contributed by atoms with Gasteiger partial charge in [-0.05, 0) is 42.0 Å². The molecule has 3 rings (SSSR count). The minimum atomic E-state index is -0.136. The van der Waals surface area contributed by atoms with Gasteiger partial charge in [0.25, 0.3) is 0 Å². The van der Waals surface area contributed by atoms with Gasteiger partial charge in [-0.25, -0.2) is 0 Å². The predicted molar refractivity (Wildman–Crippen MR) is 97.2 cm³/mol. The molecule has 0 spiro atoms. The highest BCUT2D eigenvalue weighted by atomic mass is 32.1. The molecule has 0 bridgehead atoms. The molecular weight excluding hydrogens is 338 g/mol. The van der Waals surface area contributed by atoms with Crippen molar-refractivity contribution in [2.24, 2.45) is 0 Å². The predicted octanol–water partition coefficient (Wildman–Crippen LogP) is 3.40. The molecule has 0 radical (unpaired) electrons. The molecule has 6 nitrogen and oxygen atoms in total. The first-order valence-corrected chi connectivity index (χ1v) is 8.36. The Morgan fingerprint density at radius 2 is 1.60 bits per heavy atom. The van der Waals surface area contributed by atoms with E-state index in [4.69, 9.17) is 9.47 Å². The number of benzene rings is 2. The number of ether oxygens (including phenoxy) is 2. The molecule has 2 aromatic carbocycles. The lowest BCUT2D eigenvalue weighted by Gasteiger charge is -2.03. The van der Waals surface area contributed by atoms with Crippen LogP contribution in [-0.4, -0.2) is 29.5 Å². The fraction of sp³-hybridized carbons (Fsp3) is 0.167. The molecule has 25 heavy (non-hydrogen) atoms. The van der Waals surface area contributed by atoms with Gasteiger partial charge >= 0.3 is 0 Å². The molecule has 1 amide bonds. The molecule has 0 saturated carbocycles. The van der Waals surface area contributed by atoms with Crippen molar-refractivity contribution in [2.75, 3.05) is 19.5 Å². The van der Waals surface area contributed by atoms with E-state index in [2.05, 4.69) is 14.7 Å². The summed E-state index contributed by atoms with van der Waals surface area (Å²) in [7, 11) is 3.23. The van der Waals surface area contributed by atoms with Crippen LogP contribution in [-0.2, 0) is 11.2 Å². The molecule has 0 fully saturated rings. The maximum absolute atomic E-state index is 12.1. The number of aromatic nitrogens is 2. The Morgan fingerprint density at radius 3 is 2.20 bits per heavy atom. The van der Waals surface area contributed by atoms with Crippen LogP contribution in [0.1, 0.15) is 5.56 Å². The standard InChI is InChI=1S/C18H17N3O3S/c1-23-14-7-3-12(4-8-14)11-16(22)19-18-20-17(21-25-18)13-5-9-15(24-2)10-6-13/h3-10H,11H2,1-2H3,(H,19,20,21,22). The summed E-state index contributed by atoms with van der Waals surface area (Å²) >= 11 is 1.15. The average Bonchev–Trinajstić information content (AvgIpc) is 3.10. The van der Waals surface area contributed by atoms with Crippen LogP contribution in [0.3, 0.4) is 0 Å². The van der Waals surface area contributed by atoms with Gasteiger partial charge in [0, 0.05) is 17.1 Å². The number of hydrogen-bond donors (Lipinski definition) is 1. The van der Waals surface area contributed by atoms with Crippen molar-refractivity contribution < 1.29 is 14.3 Å². The lowest BCUT2D eigenvalue weighted by atomic mass is 10.1. The fourth-order valence-corrected chi connectivity index (χ4v) is 2.83. The van der Waals surface area contributed by atoms with Crippen molar-refractivity contribution in [3.8, 4) is 22.9 Å². The molecule has 128 valence electrons. The van der Waals surface area contributed by atoms with Crippen LogP contribution in [0.2, 0.25) is 0 Å². The first kappa shape index (κ1) is 16.9. The molecule has 0 aliphatic carbocycles. The largest absolute Gasteiger partial charge is 0.497 e. The third kappa shape index (κ3) is 4.33. The van der Waals surface area contributed by atoms with E-state index in [1.807, 2.05) is 48.5 Å². The van der Waals surface area contributed by atoms with Gasteiger partial charge < -0.3 is 14.8 Å². The smallest absolute Gasteiger partial charge is 0.230 e. The molecule has 0 unspecified atom stereocenters. The Morgan fingerprint density at radius 1 is 1.00 bits per heavy atom. The molecule has 0 saturated heterocycles. The molecule has 1 N–H and O–H groups in total. The summed E-state index contributed by atoms with van der Waals surface area (Å²) in [5, 5.41) is 3.26. The van der Waals surface area contributed by atoms with Gasteiger partial charge in [0.15, 0.2) is 5.82 Å². The van der Waals surface area contributed by atoms with Gasteiger partial charge in [0.05, 0.1) is 20.6 Å². The second kappa shape index (κ2) is 7.76. The molecule has 0 aliphatic heterocycles. The highest BCUT2D eigenvalue weighted by molar-refractivity contribution is 7.10. The minimum Gasteiger partial charge on any atom is -0.497 e. The van der Waals surface area contributed by atoms with Crippen LogP contribution in [0.5, 0.6) is 11.5 Å². The van der Waals surface area contributed by atoms with Crippen molar-refractivity contribution in [1.82, 2.24) is 9.36 Å². The van der Waals surface area contributed by atoms with Crippen LogP contribution >= 0.6 is 11.5 Å². The van der Waals surface area contributed by atoms with Gasteiger partial charge in [-0.1, -0.05) is 12.1 Å². The zero-order valence-corrected chi connectivity index (χ0v) is 14.7. The van der Waals surface area contributed by atoms with Crippen LogP contribution in [0, 0.1) is 0 Å². The van der Waals surface area contributed by atoms with Crippen LogP contribution in [0.25, 0.3) is 11.4 Å². The van der Waals surface area contributed by atoms with Crippen LogP contribution < -0.4 is 14.8 Å². The number of hydrogen-bond acceptors (Lipinski definition) is 6. The van der Waals surface area contributed by atoms with Gasteiger partial charge in [-0.15, -0.1) is 0 Å². The van der Waals surface area contributed by atoms with Gasteiger partial charge in [0.2, 0.25) is 11.0 Å². The Labute approximate surface area is 149 Å². The monoisotopic (exact) mass is 355 g/mol. The molecule has 1 heterocycles. The lowest BCUT2D eigenvalue weighted by molar-refractivity contribution is -0.115. The molecule has 7 heteroatoms. The third-order valence-corrected chi connectivity index (χ3v) is 4.17. The number of carbonyl (C=O) groups is 1. The second-order valence-electron chi connectivity index (χ2n) is 5.22. The Balaban J connectivity index is 1.62. The van der Waals surface area contributed by atoms with E-state index >= 15 is 0 Å². The first-order chi connectivity index (χ1) is 12.2. The summed E-state index contributed by atoms with van der Waals surface area (Å²) in [6, 6.07) is 14.8. The maximum Gasteiger partial charge on any atom is 0.230 e. The molecule has 1 aromatic heterocycles. The first-order valence-electron chi connectivity index (χ1n) is 7.59. The maximum atomic E-state index is 12.1. The van der Waals surface area contributed by atoms with E-state index in [1.165, 1.54) is 0 Å². The van der Waals surface area contributed by atoms with E-state index in [0.717, 1.165) is 34.2 Å². The van der Waals surface area contributed by atoms with Gasteiger partial charge in [-0.2, -0.15) is 9.36 Å². The van der Waals surface area contributed by atoms with E-state index in [9.17, 15) is 4.79 Å². The highest BCUT2D eigenvalue weighted by Crippen LogP contribution is 2.23. The van der Waals surface area contributed by atoms with Crippen molar-refractivity contribution in [2.45, 2.75) is 6.42 Å². The van der Waals surface area contributed by atoms with Crippen molar-refractivity contribution >= 4 is 22.6 Å². The minimum absolute atomic E-state index is 0.136. The fourth-order valence-electron chi connectivity index (χ4n) is 2.22. The quantitative estimate of drug-likeness (QED) is 0.733. The summed E-state index contributed by atoms with van der Waals surface area (Å²) < 4.78 is 14.5. The van der Waals surface area contributed by atoms with Crippen LogP contribution in [0.4, 0.5) is 5.13 Å². The summed E-state index contributed by atoms with van der Waals surface area (Å²) in [5.74, 6) is 1.97. The topological polar surface area (TPSA) is 73.3 Å². The van der Waals surface area contributed by atoms with Crippen molar-refractivity contribution in [1.29, 1.82) is 0 Å². The van der Waals surface area contributed by atoms with Crippen molar-refractivity contribution in [3.05, 3.63) is 54.1 Å². The average molecular weight is 355 g/mol. The number of anilines is 1. The normalized spacial score (nSPS) is 10.3. The number of amides is 1. The van der Waals surface area contributed by atoms with E-state index in [1.54, 1.807) is 14.2 Å². The number of methoxy groups -OCH3 is 2. The number of rotatable bonds is 6.